The largest absolute Gasteiger partial charge is 0.345 e. The van der Waals surface area contributed by atoms with Gasteiger partial charge in [0.1, 0.15) is 17.8 Å². The highest BCUT2D eigenvalue weighted by Crippen LogP contribution is 2.44. The maximum Gasteiger partial charge on any atom is 0.223 e. The Bertz CT molecular complexity index is 1150. The minimum absolute atomic E-state index is 0.400. The number of nitrogens with zero attached hydrogens (tertiary/aromatic N) is 4. The molecule has 0 bridgehead atoms. The van der Waals surface area contributed by atoms with E-state index >= 15 is 0 Å². The molecule has 2 N–H and O–H groups in total. The molecule has 0 saturated heterocycles. The van der Waals surface area contributed by atoms with Gasteiger partial charge in [-0.15, -0.1) is 0 Å². The number of anilines is 2. The van der Waals surface area contributed by atoms with Gasteiger partial charge in [-0.2, -0.15) is 4.39 Å². The maximum absolute atomic E-state index is 14.2. The molecule has 4 aromatic heterocycles. The number of pyridine rings is 2. The molecule has 139 valence electrons. The first-order valence-electron chi connectivity index (χ1n) is 9.35. The third-order valence-corrected chi connectivity index (χ3v) is 4.95. The number of nitrogens with one attached hydrogen (secondary N) is 2. The van der Waals surface area contributed by atoms with Crippen molar-refractivity contribution in [1.82, 2.24) is 24.9 Å². The lowest BCUT2D eigenvalue weighted by molar-refractivity contribution is 0.584. The summed E-state index contributed by atoms with van der Waals surface area (Å²) >= 11 is 0. The number of halogens is 1. The van der Waals surface area contributed by atoms with E-state index in [-0.39, 0.29) is 0 Å². The van der Waals surface area contributed by atoms with Crippen LogP contribution in [0.25, 0.3) is 22.2 Å². The summed E-state index contributed by atoms with van der Waals surface area (Å²) in [5.74, 6) is 0.182. The summed E-state index contributed by atoms with van der Waals surface area (Å²) < 4.78 is 14.2. The van der Waals surface area contributed by atoms with Gasteiger partial charge in [-0.25, -0.2) is 15.0 Å². The molecule has 5 rings (SSSR count). The molecule has 0 amide bonds. The Morgan fingerprint density at radius 1 is 1.25 bits per heavy atom. The predicted molar refractivity (Wildman–Crippen MR) is 105 cm³/mol. The molecule has 7 heteroatoms. The number of aryl methyl sites for hydroxylation is 1. The second-order valence-electron chi connectivity index (χ2n) is 6.95. The fourth-order valence-corrected chi connectivity index (χ4v) is 3.38. The van der Waals surface area contributed by atoms with E-state index in [1.54, 1.807) is 18.6 Å². The zero-order chi connectivity index (χ0) is 19.1. The summed E-state index contributed by atoms with van der Waals surface area (Å²) in [6.45, 7) is 2.05. The summed E-state index contributed by atoms with van der Waals surface area (Å²) in [5, 5.41) is 4.06. The minimum atomic E-state index is -0.669. The SMILES string of the molecule is CCc1ccc(Nc2cc(-c3c[nH]c4ncnc(C5CC5)c34)[c]c(F)n2)cn1. The van der Waals surface area contributed by atoms with Crippen LogP contribution in [0.4, 0.5) is 15.9 Å². The van der Waals surface area contributed by atoms with Crippen molar-refractivity contribution < 1.29 is 4.39 Å². The molecule has 4 heterocycles. The van der Waals surface area contributed by atoms with Crippen molar-refractivity contribution in [1.29, 1.82) is 0 Å². The Morgan fingerprint density at radius 2 is 2.14 bits per heavy atom. The van der Waals surface area contributed by atoms with Gasteiger partial charge >= 0.3 is 0 Å². The molecule has 6 nitrogen and oxygen atoms in total. The predicted octanol–water partition coefficient (Wildman–Crippen LogP) is 4.54. The van der Waals surface area contributed by atoms with Crippen LogP contribution in [-0.4, -0.2) is 24.9 Å². The molecule has 0 spiro atoms. The molecule has 1 saturated carbocycles. The van der Waals surface area contributed by atoms with Crippen molar-refractivity contribution in [2.45, 2.75) is 32.1 Å². The molecule has 1 fully saturated rings. The zero-order valence-electron chi connectivity index (χ0n) is 15.3. The van der Waals surface area contributed by atoms with Crippen LogP contribution in [0.2, 0.25) is 0 Å². The average molecular weight is 373 g/mol. The molecule has 0 atom stereocenters. The molecule has 1 aliphatic carbocycles. The van der Waals surface area contributed by atoms with Gasteiger partial charge in [0.15, 0.2) is 0 Å². The molecule has 0 unspecified atom stereocenters. The average Bonchev–Trinajstić information content (AvgIpc) is 3.46. The molecule has 1 radical (unpaired) electrons. The summed E-state index contributed by atoms with van der Waals surface area (Å²) in [6.07, 6.45) is 8.24. The van der Waals surface area contributed by atoms with Crippen molar-refractivity contribution in [3.8, 4) is 11.1 Å². The standard InChI is InChI=1S/C21H18FN6/c1-2-14-5-6-15(9-23-14)27-18-8-13(7-17(22)28-18)16-10-24-21-19(16)20(12-3-4-12)25-11-26-21/h5-6,8-12H,2-4H2,1H3,(H,27,28)(H,24,25,26). The van der Waals surface area contributed by atoms with Gasteiger partial charge in [0.05, 0.1) is 23.6 Å². The summed E-state index contributed by atoms with van der Waals surface area (Å²) in [6, 6.07) is 8.35. The Hall–Kier alpha value is -3.35. The molecular formula is C21H18FN6. The Balaban J connectivity index is 1.55. The van der Waals surface area contributed by atoms with Crippen molar-refractivity contribution in [3.05, 3.63) is 60.3 Å². The topological polar surface area (TPSA) is 79.4 Å². The normalized spacial score (nSPS) is 13.8. The van der Waals surface area contributed by atoms with Crippen LogP contribution < -0.4 is 5.32 Å². The van der Waals surface area contributed by atoms with Gasteiger partial charge in [0, 0.05) is 34.3 Å². The molecule has 0 aliphatic heterocycles. The lowest BCUT2D eigenvalue weighted by Crippen LogP contribution is -1.98. The maximum atomic E-state index is 14.2. The van der Waals surface area contributed by atoms with Gasteiger partial charge in [-0.3, -0.25) is 4.98 Å². The molecule has 0 aromatic carbocycles. The van der Waals surface area contributed by atoms with E-state index in [1.165, 1.54) is 0 Å². The van der Waals surface area contributed by atoms with Gasteiger partial charge in [-0.1, -0.05) is 6.92 Å². The Kier molecular flexibility index (Phi) is 4.00. The van der Waals surface area contributed by atoms with Crippen LogP contribution in [0.3, 0.4) is 0 Å². The lowest BCUT2D eigenvalue weighted by atomic mass is 10.0. The number of H-pyrrole nitrogens is 1. The molecule has 4 aromatic rings. The van der Waals surface area contributed by atoms with Crippen molar-refractivity contribution in [2.24, 2.45) is 0 Å². The highest BCUT2D eigenvalue weighted by Gasteiger charge is 2.29. The molecule has 1 aliphatic rings. The van der Waals surface area contributed by atoms with Crippen molar-refractivity contribution in [3.63, 3.8) is 0 Å². The van der Waals surface area contributed by atoms with E-state index in [1.807, 2.05) is 25.3 Å². The highest BCUT2D eigenvalue weighted by atomic mass is 19.1. The fraction of sp³-hybridized carbons (Fsp3) is 0.238. The first-order valence-corrected chi connectivity index (χ1v) is 9.35. The minimum Gasteiger partial charge on any atom is -0.345 e. The second kappa shape index (κ2) is 6.67. The van der Waals surface area contributed by atoms with Crippen LogP contribution in [0.15, 0.2) is 36.9 Å². The van der Waals surface area contributed by atoms with Gasteiger partial charge in [-0.05, 0) is 37.5 Å². The monoisotopic (exact) mass is 373 g/mol. The van der Waals surface area contributed by atoms with Gasteiger partial charge < -0.3 is 10.3 Å². The van der Waals surface area contributed by atoms with Crippen LogP contribution in [-0.2, 0) is 6.42 Å². The van der Waals surface area contributed by atoms with E-state index < -0.39 is 5.95 Å². The van der Waals surface area contributed by atoms with E-state index in [4.69, 9.17) is 0 Å². The fourth-order valence-electron chi connectivity index (χ4n) is 3.38. The lowest BCUT2D eigenvalue weighted by Gasteiger charge is -2.09. The quantitative estimate of drug-likeness (QED) is 0.502. The third-order valence-electron chi connectivity index (χ3n) is 4.95. The molecule has 28 heavy (non-hydrogen) atoms. The Labute approximate surface area is 161 Å². The van der Waals surface area contributed by atoms with Crippen LogP contribution in [0.1, 0.15) is 37.1 Å². The van der Waals surface area contributed by atoms with E-state index in [9.17, 15) is 4.39 Å². The van der Waals surface area contributed by atoms with Crippen LogP contribution in [0.5, 0.6) is 0 Å². The van der Waals surface area contributed by atoms with Crippen LogP contribution in [0, 0.1) is 12.0 Å². The molecular weight excluding hydrogens is 355 g/mol. The van der Waals surface area contributed by atoms with E-state index in [0.717, 1.165) is 52.9 Å². The van der Waals surface area contributed by atoms with E-state index in [2.05, 4.69) is 36.3 Å². The van der Waals surface area contributed by atoms with Gasteiger partial charge in [0.2, 0.25) is 5.95 Å². The number of rotatable bonds is 5. The number of aromatic nitrogens is 5. The highest BCUT2D eigenvalue weighted by molar-refractivity contribution is 5.96. The van der Waals surface area contributed by atoms with E-state index in [0.29, 0.717) is 17.3 Å². The smallest absolute Gasteiger partial charge is 0.223 e. The summed E-state index contributed by atoms with van der Waals surface area (Å²) in [4.78, 5) is 20.2. The third kappa shape index (κ3) is 3.09. The second-order valence-corrected chi connectivity index (χ2v) is 6.95. The van der Waals surface area contributed by atoms with Crippen LogP contribution >= 0.6 is 0 Å². The first-order chi connectivity index (χ1) is 13.7. The zero-order valence-corrected chi connectivity index (χ0v) is 15.3. The summed E-state index contributed by atoms with van der Waals surface area (Å²) in [7, 11) is 0. The first kappa shape index (κ1) is 16.8. The van der Waals surface area contributed by atoms with Crippen molar-refractivity contribution in [2.75, 3.05) is 5.32 Å². The number of hydrogen-bond acceptors (Lipinski definition) is 5. The Morgan fingerprint density at radius 3 is 2.89 bits per heavy atom. The van der Waals surface area contributed by atoms with Gasteiger partial charge in [0.25, 0.3) is 0 Å². The number of hydrogen-bond donors (Lipinski definition) is 2. The number of fused-ring (bicyclic) bond motifs is 1. The summed E-state index contributed by atoms with van der Waals surface area (Å²) in [5.41, 5.74) is 4.96. The number of aromatic amines is 1. The van der Waals surface area contributed by atoms with Crippen molar-refractivity contribution >= 4 is 22.5 Å².